The smallest absolute Gasteiger partial charge is 0.326 e. The Morgan fingerprint density at radius 2 is 2.29 bits per heavy atom. The van der Waals surface area contributed by atoms with Crippen LogP contribution in [0.4, 0.5) is 0 Å². The molecule has 0 saturated carbocycles. The van der Waals surface area contributed by atoms with Crippen molar-refractivity contribution in [3.63, 3.8) is 0 Å². The number of carbonyl (C=O) groups excluding carboxylic acids is 1. The second kappa shape index (κ2) is 9.70. The standard InChI is InChI=1S/C16H31NO3S/c1-5-9-17-16(4,15(18)19-6-2)11-13(3)21-12-14-8-7-10-20-14/h13-14,17H,5-12H2,1-4H3. The fourth-order valence-corrected chi connectivity index (χ4v) is 3.86. The first-order chi connectivity index (χ1) is 10.0. The van der Waals surface area contributed by atoms with Crippen LogP contribution in [0.25, 0.3) is 0 Å². The molecule has 0 spiro atoms. The van der Waals surface area contributed by atoms with E-state index in [2.05, 4.69) is 19.2 Å². The highest BCUT2D eigenvalue weighted by atomic mass is 32.2. The van der Waals surface area contributed by atoms with E-state index in [1.54, 1.807) is 0 Å². The maximum Gasteiger partial charge on any atom is 0.326 e. The molecule has 1 fully saturated rings. The van der Waals surface area contributed by atoms with Crippen molar-refractivity contribution in [1.29, 1.82) is 0 Å². The van der Waals surface area contributed by atoms with E-state index >= 15 is 0 Å². The second-order valence-corrected chi connectivity index (χ2v) is 7.43. The predicted octanol–water partition coefficient (Wildman–Crippen LogP) is 3.00. The molecule has 1 heterocycles. The number of thioether (sulfide) groups is 1. The lowest BCUT2D eigenvalue weighted by atomic mass is 9.96. The van der Waals surface area contributed by atoms with Crippen molar-refractivity contribution in [3.8, 4) is 0 Å². The van der Waals surface area contributed by atoms with Gasteiger partial charge in [0.25, 0.3) is 0 Å². The van der Waals surface area contributed by atoms with E-state index in [0.717, 1.165) is 31.7 Å². The van der Waals surface area contributed by atoms with Crippen LogP contribution in [0, 0.1) is 0 Å². The van der Waals surface area contributed by atoms with Gasteiger partial charge < -0.3 is 14.8 Å². The zero-order valence-electron chi connectivity index (χ0n) is 13.9. The van der Waals surface area contributed by atoms with Gasteiger partial charge in [-0.3, -0.25) is 4.79 Å². The van der Waals surface area contributed by atoms with E-state index < -0.39 is 5.54 Å². The van der Waals surface area contributed by atoms with Crippen molar-refractivity contribution in [2.75, 3.05) is 25.5 Å². The highest BCUT2D eigenvalue weighted by molar-refractivity contribution is 7.99. The molecule has 0 radical (unpaired) electrons. The van der Waals surface area contributed by atoms with Crippen LogP contribution in [0.15, 0.2) is 0 Å². The van der Waals surface area contributed by atoms with E-state index in [4.69, 9.17) is 9.47 Å². The van der Waals surface area contributed by atoms with Gasteiger partial charge in [0, 0.05) is 17.6 Å². The van der Waals surface area contributed by atoms with E-state index in [0.29, 0.717) is 18.0 Å². The molecular formula is C16H31NO3S. The van der Waals surface area contributed by atoms with Crippen LogP contribution in [0.3, 0.4) is 0 Å². The summed E-state index contributed by atoms with van der Waals surface area (Å²) in [5, 5.41) is 3.77. The van der Waals surface area contributed by atoms with Crippen LogP contribution in [0.5, 0.6) is 0 Å². The molecule has 0 aromatic heterocycles. The number of hydrogen-bond donors (Lipinski definition) is 1. The van der Waals surface area contributed by atoms with Crippen molar-refractivity contribution >= 4 is 17.7 Å². The molecule has 0 aromatic carbocycles. The van der Waals surface area contributed by atoms with Gasteiger partial charge in [0.05, 0.1) is 12.7 Å². The van der Waals surface area contributed by atoms with Gasteiger partial charge in [-0.1, -0.05) is 13.8 Å². The minimum Gasteiger partial charge on any atom is -0.465 e. The molecule has 4 nitrogen and oxygen atoms in total. The third-order valence-electron chi connectivity index (χ3n) is 3.78. The van der Waals surface area contributed by atoms with Gasteiger partial charge in [-0.25, -0.2) is 0 Å². The third kappa shape index (κ3) is 6.57. The lowest BCUT2D eigenvalue weighted by Crippen LogP contribution is -2.52. The molecule has 0 amide bonds. The normalized spacial score (nSPS) is 22.8. The van der Waals surface area contributed by atoms with Gasteiger partial charge in [0.2, 0.25) is 0 Å². The number of nitrogens with one attached hydrogen (secondary N) is 1. The molecule has 1 saturated heterocycles. The van der Waals surface area contributed by atoms with Gasteiger partial charge in [-0.05, 0) is 46.1 Å². The summed E-state index contributed by atoms with van der Waals surface area (Å²) >= 11 is 1.90. The van der Waals surface area contributed by atoms with Crippen molar-refractivity contribution < 1.29 is 14.3 Å². The van der Waals surface area contributed by atoms with Crippen molar-refractivity contribution in [2.24, 2.45) is 0 Å². The Hall–Kier alpha value is -0.260. The van der Waals surface area contributed by atoms with Crippen molar-refractivity contribution in [3.05, 3.63) is 0 Å². The lowest BCUT2D eigenvalue weighted by Gasteiger charge is -2.31. The molecule has 0 aliphatic carbocycles. The quantitative estimate of drug-likeness (QED) is 0.628. The van der Waals surface area contributed by atoms with Crippen molar-refractivity contribution in [2.45, 2.75) is 70.3 Å². The summed E-state index contributed by atoms with van der Waals surface area (Å²) in [5.41, 5.74) is -0.588. The van der Waals surface area contributed by atoms with Crippen molar-refractivity contribution in [1.82, 2.24) is 5.32 Å². The zero-order valence-corrected chi connectivity index (χ0v) is 14.8. The molecule has 1 rings (SSSR count). The first kappa shape index (κ1) is 18.8. The van der Waals surface area contributed by atoms with Crippen LogP contribution in [0.2, 0.25) is 0 Å². The number of hydrogen-bond acceptors (Lipinski definition) is 5. The molecule has 1 aliphatic heterocycles. The number of ether oxygens (including phenoxy) is 2. The Bertz CT molecular complexity index is 308. The van der Waals surface area contributed by atoms with Gasteiger partial charge in [-0.2, -0.15) is 11.8 Å². The Morgan fingerprint density at radius 3 is 2.86 bits per heavy atom. The summed E-state index contributed by atoms with van der Waals surface area (Å²) < 4.78 is 10.9. The molecule has 3 unspecified atom stereocenters. The van der Waals surface area contributed by atoms with E-state index in [9.17, 15) is 4.79 Å². The zero-order chi connectivity index (χ0) is 15.7. The fraction of sp³-hybridized carbons (Fsp3) is 0.938. The Morgan fingerprint density at radius 1 is 1.52 bits per heavy atom. The molecule has 124 valence electrons. The Labute approximate surface area is 133 Å². The van der Waals surface area contributed by atoms with Gasteiger partial charge >= 0.3 is 5.97 Å². The lowest BCUT2D eigenvalue weighted by molar-refractivity contribution is -0.150. The van der Waals surface area contributed by atoms with Gasteiger partial charge in [-0.15, -0.1) is 0 Å². The van der Waals surface area contributed by atoms with Crippen LogP contribution >= 0.6 is 11.8 Å². The average molecular weight is 317 g/mol. The molecule has 21 heavy (non-hydrogen) atoms. The highest BCUT2D eigenvalue weighted by Crippen LogP contribution is 2.26. The van der Waals surface area contributed by atoms with Crippen LogP contribution in [0.1, 0.15) is 53.4 Å². The Kier molecular flexibility index (Phi) is 8.67. The Balaban J connectivity index is 2.46. The maximum absolute atomic E-state index is 12.2. The molecule has 5 heteroatoms. The third-order valence-corrected chi connectivity index (χ3v) is 5.08. The highest BCUT2D eigenvalue weighted by Gasteiger charge is 2.35. The number of esters is 1. The largest absolute Gasteiger partial charge is 0.465 e. The van der Waals surface area contributed by atoms with Crippen LogP contribution in [-0.2, 0) is 14.3 Å². The summed E-state index contributed by atoms with van der Waals surface area (Å²) in [7, 11) is 0. The first-order valence-corrected chi connectivity index (χ1v) is 9.22. The van der Waals surface area contributed by atoms with Gasteiger partial charge in [0.15, 0.2) is 0 Å². The van der Waals surface area contributed by atoms with Crippen LogP contribution in [-0.4, -0.2) is 48.4 Å². The number of carbonyl (C=O) groups is 1. The summed E-state index contributed by atoms with van der Waals surface area (Å²) in [6, 6.07) is 0. The fourth-order valence-electron chi connectivity index (χ4n) is 2.60. The van der Waals surface area contributed by atoms with Gasteiger partial charge in [0.1, 0.15) is 5.54 Å². The minimum absolute atomic E-state index is 0.136. The topological polar surface area (TPSA) is 47.6 Å². The number of rotatable bonds is 10. The summed E-state index contributed by atoms with van der Waals surface area (Å²) in [6.45, 7) is 10.3. The molecule has 0 bridgehead atoms. The monoisotopic (exact) mass is 317 g/mol. The average Bonchev–Trinajstić information content (AvgIpc) is 2.96. The molecule has 1 aliphatic rings. The molecule has 0 aromatic rings. The maximum atomic E-state index is 12.2. The summed E-state index contributed by atoms with van der Waals surface area (Å²) in [5.74, 6) is 0.886. The van der Waals surface area contributed by atoms with E-state index in [1.807, 2.05) is 25.6 Å². The SMILES string of the molecule is CCCNC(C)(CC(C)SCC1CCCO1)C(=O)OCC. The molecule has 3 atom stereocenters. The first-order valence-electron chi connectivity index (χ1n) is 8.17. The summed E-state index contributed by atoms with van der Waals surface area (Å²) in [4.78, 5) is 12.2. The predicted molar refractivity (Wildman–Crippen MR) is 88.8 cm³/mol. The summed E-state index contributed by atoms with van der Waals surface area (Å²) in [6.07, 6.45) is 4.53. The molecular weight excluding hydrogens is 286 g/mol. The van der Waals surface area contributed by atoms with E-state index in [1.165, 1.54) is 12.8 Å². The minimum atomic E-state index is -0.588. The second-order valence-electron chi connectivity index (χ2n) is 5.96. The molecule has 1 N–H and O–H groups in total. The van der Waals surface area contributed by atoms with Crippen LogP contribution < -0.4 is 5.32 Å². The van der Waals surface area contributed by atoms with E-state index in [-0.39, 0.29) is 5.97 Å².